The average molecular weight is 439 g/mol. The molecule has 4 heteroatoms. The summed E-state index contributed by atoms with van der Waals surface area (Å²) in [5, 5.41) is 11.0. The first-order valence-corrected chi connectivity index (χ1v) is 12.4. The summed E-state index contributed by atoms with van der Waals surface area (Å²) < 4.78 is 5.32. The van der Waals surface area contributed by atoms with Gasteiger partial charge in [-0.1, -0.05) is 63.2 Å². The van der Waals surface area contributed by atoms with Crippen LogP contribution in [0.5, 0.6) is 5.75 Å². The van der Waals surface area contributed by atoms with Crippen LogP contribution in [0.25, 0.3) is 0 Å². The third-order valence-corrected chi connectivity index (χ3v) is 9.68. The Morgan fingerprint density at radius 1 is 1.06 bits per heavy atom. The zero-order valence-corrected chi connectivity index (χ0v) is 19.8. The smallest absolute Gasteiger partial charge is 0.143 e. The number of rotatable bonds is 8. The number of carbonyl (C=O) groups is 1. The summed E-state index contributed by atoms with van der Waals surface area (Å²) in [4.78, 5) is 13.3. The van der Waals surface area contributed by atoms with E-state index < -0.39 is 6.10 Å². The molecule has 0 radical (unpaired) electrons. The van der Waals surface area contributed by atoms with Crippen LogP contribution < -0.4 is 4.74 Å². The second kappa shape index (κ2) is 8.63. The number of benzene rings is 2. The van der Waals surface area contributed by atoms with Gasteiger partial charge < -0.3 is 9.84 Å². The van der Waals surface area contributed by atoms with Gasteiger partial charge in [0.05, 0.1) is 13.2 Å². The summed E-state index contributed by atoms with van der Waals surface area (Å²) in [6.45, 7) is 6.75. The van der Waals surface area contributed by atoms with Crippen LogP contribution in [0.15, 0.2) is 54.6 Å². The van der Waals surface area contributed by atoms with Crippen LogP contribution >= 0.6 is 11.8 Å². The molecular weight excluding hydrogens is 404 g/mol. The highest BCUT2D eigenvalue weighted by atomic mass is 32.2. The van der Waals surface area contributed by atoms with Crippen LogP contribution in [0.4, 0.5) is 0 Å². The Labute approximate surface area is 190 Å². The van der Waals surface area contributed by atoms with Crippen molar-refractivity contribution in [1.82, 2.24) is 0 Å². The highest BCUT2D eigenvalue weighted by Crippen LogP contribution is 2.66. The summed E-state index contributed by atoms with van der Waals surface area (Å²) in [5.41, 5.74) is 2.00. The maximum absolute atomic E-state index is 13.3. The molecule has 5 atom stereocenters. The van der Waals surface area contributed by atoms with Crippen LogP contribution in [-0.2, 0) is 4.79 Å². The van der Waals surface area contributed by atoms with E-state index in [-0.39, 0.29) is 22.0 Å². The fraction of sp³-hybridized carbons (Fsp3) is 0.519. The maximum Gasteiger partial charge on any atom is 0.143 e. The van der Waals surface area contributed by atoms with E-state index in [2.05, 4.69) is 32.9 Å². The number of fused-ring (bicyclic) bond motifs is 2. The van der Waals surface area contributed by atoms with Crippen LogP contribution in [0.1, 0.15) is 62.5 Å². The molecule has 2 aromatic rings. The second-order valence-corrected chi connectivity index (χ2v) is 11.2. The number of hydrogen-bond acceptors (Lipinski definition) is 4. The van der Waals surface area contributed by atoms with Crippen LogP contribution in [0, 0.1) is 22.7 Å². The molecule has 31 heavy (non-hydrogen) atoms. The summed E-state index contributed by atoms with van der Waals surface area (Å²) in [5.74, 6) is 2.69. The van der Waals surface area contributed by atoms with Crippen molar-refractivity contribution < 1.29 is 14.6 Å². The Bertz CT molecular complexity index is 908. The third kappa shape index (κ3) is 3.93. The number of Topliss-reactive ketones (excluding diaryl/α,β-unsaturated/α-hetero) is 1. The number of carbonyl (C=O) groups excluding carboxylic acids is 1. The first kappa shape index (κ1) is 22.4. The lowest BCUT2D eigenvalue weighted by molar-refractivity contribution is -0.131. The molecule has 166 valence electrons. The minimum atomic E-state index is -0.537. The molecule has 0 heterocycles. The quantitative estimate of drug-likeness (QED) is 0.530. The molecule has 3 nitrogen and oxygen atoms in total. The van der Waals surface area contributed by atoms with Gasteiger partial charge >= 0.3 is 0 Å². The SMILES string of the molecule is COc1ccc([C@H](C[C@H](O)c2ccccc2)SC[C@@H]2C(=O)[C@]3(C)CC[C@H]2C3(C)C)cc1. The van der Waals surface area contributed by atoms with E-state index in [1.165, 1.54) is 5.56 Å². The first-order chi connectivity index (χ1) is 14.8. The van der Waals surface area contributed by atoms with Crippen molar-refractivity contribution >= 4 is 17.5 Å². The number of ketones is 1. The van der Waals surface area contributed by atoms with Crippen molar-refractivity contribution in [3.05, 3.63) is 65.7 Å². The number of ether oxygens (including phenoxy) is 1. The molecule has 4 rings (SSSR count). The second-order valence-electron chi connectivity index (χ2n) is 9.93. The van der Waals surface area contributed by atoms with Crippen LogP contribution in [0.3, 0.4) is 0 Å². The van der Waals surface area contributed by atoms with Gasteiger partial charge in [-0.15, -0.1) is 0 Å². The van der Waals surface area contributed by atoms with E-state index in [0.717, 1.165) is 29.9 Å². The fourth-order valence-electron chi connectivity index (χ4n) is 5.82. The molecule has 1 N–H and O–H groups in total. The molecule has 0 amide bonds. The number of aliphatic hydroxyl groups is 1. The minimum Gasteiger partial charge on any atom is -0.497 e. The summed E-state index contributed by atoms with van der Waals surface area (Å²) in [6.07, 6.45) is 2.26. The lowest BCUT2D eigenvalue weighted by Crippen LogP contribution is -2.33. The van der Waals surface area contributed by atoms with Crippen LogP contribution in [-0.4, -0.2) is 23.8 Å². The number of aliphatic hydroxyl groups excluding tert-OH is 1. The molecule has 2 saturated carbocycles. The standard InChI is InChI=1S/C27H34O3S/c1-26(2)22-14-15-27(26,3)25(29)21(22)17-31-24(19-10-12-20(30-4)13-11-19)16-23(28)18-8-6-5-7-9-18/h5-13,21-24,28H,14-17H2,1-4H3/t21-,22+,23-,24-,27-/m0/s1. The maximum atomic E-state index is 13.3. The summed E-state index contributed by atoms with van der Waals surface area (Å²) in [6, 6.07) is 18.0. The molecule has 2 fully saturated rings. The Hall–Kier alpha value is -1.78. The van der Waals surface area contributed by atoms with Crippen molar-refractivity contribution in [3.63, 3.8) is 0 Å². The molecule has 0 spiro atoms. The zero-order chi connectivity index (χ0) is 22.2. The topological polar surface area (TPSA) is 46.5 Å². The molecule has 2 aliphatic carbocycles. The highest BCUT2D eigenvalue weighted by Gasteiger charge is 2.65. The molecular formula is C27H34O3S. The third-order valence-electron chi connectivity index (χ3n) is 8.26. The minimum absolute atomic E-state index is 0.0778. The van der Waals surface area contributed by atoms with Gasteiger partial charge in [0.2, 0.25) is 0 Å². The lowest BCUT2D eigenvalue weighted by Gasteiger charge is -2.32. The monoisotopic (exact) mass is 438 g/mol. The molecule has 0 saturated heterocycles. The number of hydrogen-bond donors (Lipinski definition) is 1. The molecule has 0 unspecified atom stereocenters. The zero-order valence-electron chi connectivity index (χ0n) is 19.0. The van der Waals surface area contributed by atoms with Gasteiger partial charge in [-0.3, -0.25) is 4.79 Å². The van der Waals surface area contributed by atoms with Gasteiger partial charge in [0.15, 0.2) is 0 Å². The first-order valence-electron chi connectivity index (χ1n) is 11.3. The van der Waals surface area contributed by atoms with E-state index in [4.69, 9.17) is 4.74 Å². The van der Waals surface area contributed by atoms with E-state index in [9.17, 15) is 9.90 Å². The van der Waals surface area contributed by atoms with E-state index >= 15 is 0 Å². The Balaban J connectivity index is 1.53. The number of thioether (sulfide) groups is 1. The van der Waals surface area contributed by atoms with Crippen molar-refractivity contribution in [2.45, 2.75) is 51.4 Å². The van der Waals surface area contributed by atoms with Gasteiger partial charge in [-0.2, -0.15) is 11.8 Å². The van der Waals surface area contributed by atoms with Crippen LogP contribution in [0.2, 0.25) is 0 Å². The van der Waals surface area contributed by atoms with Gasteiger partial charge in [-0.05, 0) is 53.9 Å². The normalized spacial score (nSPS) is 28.5. The van der Waals surface area contributed by atoms with E-state index in [0.29, 0.717) is 18.1 Å². The molecule has 0 aliphatic heterocycles. The average Bonchev–Trinajstić information content (AvgIpc) is 3.10. The highest BCUT2D eigenvalue weighted by molar-refractivity contribution is 7.99. The molecule has 2 bridgehead atoms. The Morgan fingerprint density at radius 2 is 1.74 bits per heavy atom. The predicted molar refractivity (Wildman–Crippen MR) is 127 cm³/mol. The van der Waals surface area contributed by atoms with Crippen molar-refractivity contribution in [3.8, 4) is 5.75 Å². The summed E-state index contributed by atoms with van der Waals surface area (Å²) >= 11 is 1.83. The predicted octanol–water partition coefficient (Wildman–Crippen LogP) is 6.23. The van der Waals surface area contributed by atoms with Gasteiger partial charge in [0.1, 0.15) is 11.5 Å². The molecule has 0 aromatic heterocycles. The van der Waals surface area contributed by atoms with E-state index in [1.807, 2.05) is 54.2 Å². The van der Waals surface area contributed by atoms with Crippen molar-refractivity contribution in [2.24, 2.45) is 22.7 Å². The largest absolute Gasteiger partial charge is 0.497 e. The Morgan fingerprint density at radius 3 is 2.32 bits per heavy atom. The Kier molecular flexibility index (Phi) is 6.24. The lowest BCUT2D eigenvalue weighted by atomic mass is 9.70. The molecule has 2 aliphatic rings. The van der Waals surface area contributed by atoms with Crippen molar-refractivity contribution in [1.29, 1.82) is 0 Å². The molecule has 2 aromatic carbocycles. The van der Waals surface area contributed by atoms with Gasteiger partial charge in [0.25, 0.3) is 0 Å². The fourth-order valence-corrected chi connectivity index (χ4v) is 7.31. The van der Waals surface area contributed by atoms with Gasteiger partial charge in [0, 0.05) is 22.3 Å². The summed E-state index contributed by atoms with van der Waals surface area (Å²) in [7, 11) is 1.67. The number of methoxy groups -OCH3 is 1. The van der Waals surface area contributed by atoms with Crippen molar-refractivity contribution in [2.75, 3.05) is 12.9 Å². The van der Waals surface area contributed by atoms with E-state index in [1.54, 1.807) is 7.11 Å². The van der Waals surface area contributed by atoms with Gasteiger partial charge in [-0.25, -0.2) is 0 Å².